The Morgan fingerprint density at radius 2 is 2.29 bits per heavy atom. The molecule has 0 saturated carbocycles. The third-order valence-corrected chi connectivity index (χ3v) is 3.18. The van der Waals surface area contributed by atoms with Crippen molar-refractivity contribution in [2.45, 2.75) is 6.54 Å². The molecular formula is C12H11ClN2OS. The summed E-state index contributed by atoms with van der Waals surface area (Å²) in [4.78, 5) is 15.3. The Balaban J connectivity index is 2.01. The second kappa shape index (κ2) is 5.80. The molecule has 0 aliphatic heterocycles. The van der Waals surface area contributed by atoms with E-state index in [1.54, 1.807) is 17.5 Å². The molecule has 1 N–H and O–H groups in total. The minimum absolute atomic E-state index is 0.0135. The van der Waals surface area contributed by atoms with Gasteiger partial charge in [-0.3, -0.25) is 9.78 Å². The zero-order valence-corrected chi connectivity index (χ0v) is 10.6. The average Bonchev–Trinajstić information content (AvgIpc) is 2.90. The van der Waals surface area contributed by atoms with Crippen molar-refractivity contribution < 1.29 is 4.79 Å². The fourth-order valence-electron chi connectivity index (χ4n) is 1.36. The van der Waals surface area contributed by atoms with Crippen molar-refractivity contribution in [2.24, 2.45) is 0 Å². The number of halogens is 1. The van der Waals surface area contributed by atoms with Gasteiger partial charge in [0.1, 0.15) is 5.88 Å². The van der Waals surface area contributed by atoms with Crippen LogP contribution in [0, 0.1) is 0 Å². The van der Waals surface area contributed by atoms with Gasteiger partial charge in [0.25, 0.3) is 0 Å². The molecule has 3 nitrogen and oxygen atoms in total. The Hall–Kier alpha value is -1.39. The van der Waals surface area contributed by atoms with E-state index in [0.717, 1.165) is 16.8 Å². The van der Waals surface area contributed by atoms with Crippen LogP contribution in [0.3, 0.4) is 0 Å². The summed E-state index contributed by atoms with van der Waals surface area (Å²) in [5.41, 5.74) is 3.02. The van der Waals surface area contributed by atoms with E-state index in [1.165, 1.54) is 0 Å². The van der Waals surface area contributed by atoms with Crippen molar-refractivity contribution in [3.63, 3.8) is 0 Å². The van der Waals surface area contributed by atoms with Gasteiger partial charge in [-0.15, -0.1) is 11.6 Å². The first-order chi connectivity index (χ1) is 8.29. The van der Waals surface area contributed by atoms with Gasteiger partial charge in [0.15, 0.2) is 0 Å². The van der Waals surface area contributed by atoms with E-state index >= 15 is 0 Å². The Morgan fingerprint density at radius 1 is 1.41 bits per heavy atom. The van der Waals surface area contributed by atoms with Gasteiger partial charge >= 0.3 is 0 Å². The first-order valence-electron chi connectivity index (χ1n) is 5.10. The third kappa shape index (κ3) is 3.28. The molecular weight excluding hydrogens is 256 g/mol. The van der Waals surface area contributed by atoms with Gasteiger partial charge in [-0.1, -0.05) is 6.07 Å². The maximum atomic E-state index is 11.0. The first kappa shape index (κ1) is 12.1. The number of nitrogens with one attached hydrogen (secondary N) is 1. The molecule has 2 aromatic heterocycles. The highest BCUT2D eigenvalue weighted by atomic mass is 35.5. The van der Waals surface area contributed by atoms with E-state index in [-0.39, 0.29) is 11.8 Å². The van der Waals surface area contributed by atoms with Gasteiger partial charge in [-0.25, -0.2) is 0 Å². The lowest BCUT2D eigenvalue weighted by atomic mass is 10.2. The topological polar surface area (TPSA) is 42.0 Å². The highest BCUT2D eigenvalue weighted by Gasteiger charge is 2.01. The summed E-state index contributed by atoms with van der Waals surface area (Å²) in [7, 11) is 0. The summed E-state index contributed by atoms with van der Waals surface area (Å²) in [5.74, 6) is -0.186. The standard InChI is InChI=1S/C12H11ClN2OS/c13-5-12(16)15-7-9-1-2-11(14-6-9)10-3-4-17-8-10/h1-4,6,8H,5,7H2,(H,15,16). The van der Waals surface area contributed by atoms with Crippen LogP contribution in [0.25, 0.3) is 11.3 Å². The highest BCUT2D eigenvalue weighted by molar-refractivity contribution is 7.08. The molecule has 5 heteroatoms. The van der Waals surface area contributed by atoms with Gasteiger partial charge < -0.3 is 5.32 Å². The van der Waals surface area contributed by atoms with E-state index in [0.29, 0.717) is 6.54 Å². The Bertz CT molecular complexity index is 482. The Morgan fingerprint density at radius 3 is 2.88 bits per heavy atom. The molecule has 17 heavy (non-hydrogen) atoms. The Kier molecular flexibility index (Phi) is 4.12. The van der Waals surface area contributed by atoms with Gasteiger partial charge in [0, 0.05) is 23.7 Å². The number of amides is 1. The second-order valence-corrected chi connectivity index (χ2v) is 4.52. The maximum Gasteiger partial charge on any atom is 0.235 e. The van der Waals surface area contributed by atoms with Crippen LogP contribution in [0.1, 0.15) is 5.56 Å². The van der Waals surface area contributed by atoms with Crippen molar-refractivity contribution in [3.8, 4) is 11.3 Å². The molecule has 1 amide bonds. The van der Waals surface area contributed by atoms with Crippen molar-refractivity contribution in [1.29, 1.82) is 0 Å². The fraction of sp³-hybridized carbons (Fsp3) is 0.167. The summed E-state index contributed by atoms with van der Waals surface area (Å²) in [5, 5.41) is 6.77. The van der Waals surface area contributed by atoms with Gasteiger partial charge in [-0.2, -0.15) is 11.3 Å². The van der Waals surface area contributed by atoms with Crippen molar-refractivity contribution >= 4 is 28.8 Å². The SMILES string of the molecule is O=C(CCl)NCc1ccc(-c2ccsc2)nc1. The predicted molar refractivity (Wildman–Crippen MR) is 70.1 cm³/mol. The summed E-state index contributed by atoms with van der Waals surface area (Å²) in [6, 6.07) is 5.93. The van der Waals surface area contributed by atoms with E-state index < -0.39 is 0 Å². The molecule has 0 aromatic carbocycles. The van der Waals surface area contributed by atoms with Crippen LogP contribution in [0.15, 0.2) is 35.2 Å². The number of aromatic nitrogens is 1. The molecule has 88 valence electrons. The number of rotatable bonds is 4. The smallest absolute Gasteiger partial charge is 0.235 e. The lowest BCUT2D eigenvalue weighted by Gasteiger charge is -2.03. The van der Waals surface area contributed by atoms with E-state index in [4.69, 9.17) is 11.6 Å². The van der Waals surface area contributed by atoms with Gasteiger partial charge in [-0.05, 0) is 23.1 Å². The van der Waals surface area contributed by atoms with Gasteiger partial charge in [0.2, 0.25) is 5.91 Å². The molecule has 0 unspecified atom stereocenters. The molecule has 0 saturated heterocycles. The number of pyridine rings is 1. The highest BCUT2D eigenvalue weighted by Crippen LogP contribution is 2.19. The molecule has 0 aliphatic rings. The quantitative estimate of drug-likeness (QED) is 0.865. The second-order valence-electron chi connectivity index (χ2n) is 3.47. The molecule has 2 aromatic rings. The lowest BCUT2D eigenvalue weighted by Crippen LogP contribution is -2.23. The van der Waals surface area contributed by atoms with Crippen LogP contribution in [-0.2, 0) is 11.3 Å². The minimum atomic E-state index is -0.173. The molecule has 0 fully saturated rings. The summed E-state index contributed by atoms with van der Waals surface area (Å²) in [6.07, 6.45) is 1.77. The molecule has 0 radical (unpaired) electrons. The average molecular weight is 267 g/mol. The van der Waals surface area contributed by atoms with Crippen molar-refractivity contribution in [3.05, 3.63) is 40.7 Å². The van der Waals surface area contributed by atoms with E-state index in [1.807, 2.05) is 23.6 Å². The molecule has 0 bridgehead atoms. The molecule has 2 rings (SSSR count). The van der Waals surface area contributed by atoms with Crippen LogP contribution in [-0.4, -0.2) is 16.8 Å². The monoisotopic (exact) mass is 266 g/mol. The molecule has 0 spiro atoms. The molecule has 2 heterocycles. The predicted octanol–water partition coefficient (Wildman–Crippen LogP) is 2.67. The normalized spacial score (nSPS) is 10.2. The summed E-state index contributed by atoms with van der Waals surface area (Å²) < 4.78 is 0. The summed E-state index contributed by atoms with van der Waals surface area (Å²) in [6.45, 7) is 0.461. The number of alkyl halides is 1. The fourth-order valence-corrected chi connectivity index (χ4v) is 2.10. The number of carbonyl (C=O) groups excluding carboxylic acids is 1. The van der Waals surface area contributed by atoms with Crippen LogP contribution in [0.4, 0.5) is 0 Å². The number of carbonyl (C=O) groups is 1. The first-order valence-corrected chi connectivity index (χ1v) is 6.57. The van der Waals surface area contributed by atoms with Crippen LogP contribution < -0.4 is 5.32 Å². The van der Waals surface area contributed by atoms with E-state index in [2.05, 4.69) is 15.7 Å². The molecule has 0 aliphatic carbocycles. The Labute approximate surface area is 108 Å². The van der Waals surface area contributed by atoms with Crippen LogP contribution >= 0.6 is 22.9 Å². The van der Waals surface area contributed by atoms with Gasteiger partial charge in [0.05, 0.1) is 5.69 Å². The lowest BCUT2D eigenvalue weighted by molar-refractivity contribution is -0.118. The van der Waals surface area contributed by atoms with Crippen LogP contribution in [0.5, 0.6) is 0 Å². The number of hydrogen-bond acceptors (Lipinski definition) is 3. The zero-order valence-electron chi connectivity index (χ0n) is 9.02. The van der Waals surface area contributed by atoms with Crippen molar-refractivity contribution in [1.82, 2.24) is 10.3 Å². The number of nitrogens with zero attached hydrogens (tertiary/aromatic N) is 1. The number of thiophene rings is 1. The molecule has 0 atom stereocenters. The number of hydrogen-bond donors (Lipinski definition) is 1. The van der Waals surface area contributed by atoms with Crippen molar-refractivity contribution in [2.75, 3.05) is 5.88 Å². The zero-order chi connectivity index (χ0) is 12.1. The van der Waals surface area contributed by atoms with Crippen LogP contribution in [0.2, 0.25) is 0 Å². The third-order valence-electron chi connectivity index (χ3n) is 2.25. The maximum absolute atomic E-state index is 11.0. The summed E-state index contributed by atoms with van der Waals surface area (Å²) >= 11 is 7.03. The largest absolute Gasteiger partial charge is 0.351 e. The minimum Gasteiger partial charge on any atom is -0.351 e. The van der Waals surface area contributed by atoms with E-state index in [9.17, 15) is 4.79 Å².